The molecule has 0 radical (unpaired) electrons. The molecule has 0 aliphatic heterocycles. The number of rotatable bonds is 3. The molecule has 2 aromatic rings. The first-order valence-corrected chi connectivity index (χ1v) is 6.67. The number of aliphatic hydroxyl groups excluding tert-OH is 1. The highest BCUT2D eigenvalue weighted by Gasteiger charge is 2.17. The normalized spacial score (nSPS) is 10.4. The number of hydrogen-bond donors (Lipinski definition) is 2. The van der Waals surface area contributed by atoms with Gasteiger partial charge in [0.1, 0.15) is 5.69 Å². The Balaban J connectivity index is 2.21. The van der Waals surface area contributed by atoms with Crippen molar-refractivity contribution in [3.05, 3.63) is 56.8 Å². The lowest BCUT2D eigenvalue weighted by Gasteiger charge is -2.08. The number of carbonyl (C=O) groups is 1. The number of carbonyl (C=O) groups excluding carboxylic acids is 1. The fourth-order valence-corrected chi connectivity index (χ4v) is 2.05. The number of nitrogens with zero attached hydrogens (tertiary/aromatic N) is 1. The van der Waals surface area contributed by atoms with Crippen molar-refractivity contribution in [2.24, 2.45) is 0 Å². The van der Waals surface area contributed by atoms with E-state index in [4.69, 9.17) is 39.9 Å². The summed E-state index contributed by atoms with van der Waals surface area (Å²) in [6.07, 6.45) is 1.26. The van der Waals surface area contributed by atoms with E-state index in [-0.39, 0.29) is 27.4 Å². The molecule has 0 aliphatic rings. The van der Waals surface area contributed by atoms with Gasteiger partial charge in [0.25, 0.3) is 5.91 Å². The quantitative estimate of drug-likeness (QED) is 0.899. The summed E-state index contributed by atoms with van der Waals surface area (Å²) in [7, 11) is 0. The number of anilines is 1. The zero-order valence-electron chi connectivity index (χ0n) is 10.0. The number of pyridine rings is 1. The lowest BCUT2D eigenvalue weighted by molar-refractivity contribution is 0.102. The summed E-state index contributed by atoms with van der Waals surface area (Å²) in [5.74, 6) is -0.495. The van der Waals surface area contributed by atoms with Crippen molar-refractivity contribution in [2.75, 3.05) is 5.32 Å². The average molecular weight is 332 g/mol. The van der Waals surface area contributed by atoms with Crippen molar-refractivity contribution in [1.82, 2.24) is 4.98 Å². The molecule has 1 heterocycles. The highest BCUT2D eigenvalue weighted by atomic mass is 35.5. The maximum atomic E-state index is 12.0. The molecule has 20 heavy (non-hydrogen) atoms. The predicted molar refractivity (Wildman–Crippen MR) is 79.6 cm³/mol. The number of aromatic nitrogens is 1. The molecule has 1 amide bonds. The first kappa shape index (κ1) is 15.1. The summed E-state index contributed by atoms with van der Waals surface area (Å²) in [6, 6.07) is 6.71. The van der Waals surface area contributed by atoms with Crippen molar-refractivity contribution in [3.8, 4) is 0 Å². The van der Waals surface area contributed by atoms with Crippen LogP contribution in [0.5, 0.6) is 0 Å². The summed E-state index contributed by atoms with van der Waals surface area (Å²) < 4.78 is 0. The van der Waals surface area contributed by atoms with Crippen LogP contribution in [0, 0.1) is 0 Å². The van der Waals surface area contributed by atoms with Gasteiger partial charge in [-0.2, -0.15) is 0 Å². The smallest absolute Gasteiger partial charge is 0.275 e. The highest BCUT2D eigenvalue weighted by molar-refractivity contribution is 6.49. The molecular weight excluding hydrogens is 323 g/mol. The molecule has 1 aromatic heterocycles. The van der Waals surface area contributed by atoms with E-state index in [1.165, 1.54) is 6.20 Å². The van der Waals surface area contributed by atoms with Crippen LogP contribution in [-0.2, 0) is 6.61 Å². The minimum atomic E-state index is -0.495. The van der Waals surface area contributed by atoms with E-state index < -0.39 is 5.91 Å². The molecule has 0 atom stereocenters. The number of benzene rings is 1. The second-order valence-electron chi connectivity index (χ2n) is 3.89. The summed E-state index contributed by atoms with van der Waals surface area (Å²) in [4.78, 5) is 15.9. The zero-order valence-corrected chi connectivity index (χ0v) is 12.3. The van der Waals surface area contributed by atoms with Crippen LogP contribution in [0.4, 0.5) is 5.69 Å². The number of halogens is 3. The van der Waals surface area contributed by atoms with Crippen LogP contribution in [0.3, 0.4) is 0 Å². The van der Waals surface area contributed by atoms with Crippen LogP contribution in [0.2, 0.25) is 15.1 Å². The van der Waals surface area contributed by atoms with Gasteiger partial charge >= 0.3 is 0 Å². The van der Waals surface area contributed by atoms with Crippen LogP contribution in [0.1, 0.15) is 16.1 Å². The van der Waals surface area contributed by atoms with E-state index in [0.717, 1.165) is 5.56 Å². The van der Waals surface area contributed by atoms with Gasteiger partial charge in [-0.3, -0.25) is 4.79 Å². The minimum absolute atomic E-state index is 0.00338. The summed E-state index contributed by atoms with van der Waals surface area (Å²) in [6.45, 7) is -0.0611. The molecule has 0 saturated carbocycles. The largest absolute Gasteiger partial charge is 0.392 e. The highest BCUT2D eigenvalue weighted by Crippen LogP contribution is 2.31. The third kappa shape index (κ3) is 3.22. The first-order chi connectivity index (χ1) is 9.52. The van der Waals surface area contributed by atoms with Crippen LogP contribution < -0.4 is 5.32 Å². The SMILES string of the molecule is O=C(Nc1ccc(CO)cc1)c1ncc(Cl)c(Cl)c1Cl. The van der Waals surface area contributed by atoms with E-state index in [9.17, 15) is 4.79 Å². The van der Waals surface area contributed by atoms with Gasteiger partial charge in [-0.25, -0.2) is 4.98 Å². The maximum absolute atomic E-state index is 12.0. The Labute approximate surface area is 130 Å². The lowest BCUT2D eigenvalue weighted by Crippen LogP contribution is -2.14. The van der Waals surface area contributed by atoms with Gasteiger partial charge in [0.2, 0.25) is 0 Å². The Kier molecular flexibility index (Phi) is 4.83. The van der Waals surface area contributed by atoms with Crippen molar-refractivity contribution < 1.29 is 9.90 Å². The summed E-state index contributed by atoms with van der Waals surface area (Å²) in [5.41, 5.74) is 1.29. The average Bonchev–Trinajstić information content (AvgIpc) is 2.45. The van der Waals surface area contributed by atoms with Crippen LogP contribution in [-0.4, -0.2) is 16.0 Å². The van der Waals surface area contributed by atoms with Crippen LogP contribution in [0.15, 0.2) is 30.5 Å². The third-order valence-electron chi connectivity index (χ3n) is 2.53. The molecule has 2 N–H and O–H groups in total. The monoisotopic (exact) mass is 330 g/mol. The second kappa shape index (κ2) is 6.41. The van der Waals surface area contributed by atoms with Gasteiger partial charge in [-0.05, 0) is 17.7 Å². The van der Waals surface area contributed by atoms with Gasteiger partial charge in [0.15, 0.2) is 0 Å². The number of aliphatic hydroxyl groups is 1. The fraction of sp³-hybridized carbons (Fsp3) is 0.0769. The standard InChI is InChI=1S/C13H9Cl3N2O2/c14-9-5-17-12(11(16)10(9)15)13(20)18-8-3-1-7(6-19)2-4-8/h1-5,19H,6H2,(H,18,20). The Morgan fingerprint density at radius 1 is 1.15 bits per heavy atom. The van der Waals surface area contributed by atoms with Crippen molar-refractivity contribution in [2.45, 2.75) is 6.61 Å². The molecular formula is C13H9Cl3N2O2. The minimum Gasteiger partial charge on any atom is -0.392 e. The molecule has 104 valence electrons. The van der Waals surface area contributed by atoms with E-state index in [1.807, 2.05) is 0 Å². The topological polar surface area (TPSA) is 62.2 Å². The summed E-state index contributed by atoms with van der Waals surface area (Å²) >= 11 is 17.5. The molecule has 0 bridgehead atoms. The van der Waals surface area contributed by atoms with Crippen molar-refractivity contribution in [1.29, 1.82) is 0 Å². The van der Waals surface area contributed by atoms with Crippen LogP contribution in [0.25, 0.3) is 0 Å². The van der Waals surface area contributed by atoms with Gasteiger partial charge in [-0.1, -0.05) is 46.9 Å². The molecule has 0 aliphatic carbocycles. The second-order valence-corrected chi connectivity index (χ2v) is 5.05. The third-order valence-corrected chi connectivity index (χ3v) is 3.77. The summed E-state index contributed by atoms with van der Waals surface area (Å²) in [5, 5.41) is 11.8. The molecule has 0 fully saturated rings. The molecule has 0 spiro atoms. The molecule has 4 nitrogen and oxygen atoms in total. The van der Waals surface area contributed by atoms with Gasteiger partial charge < -0.3 is 10.4 Å². The Bertz CT molecular complexity index is 645. The van der Waals surface area contributed by atoms with E-state index in [0.29, 0.717) is 5.69 Å². The number of amides is 1. The fourth-order valence-electron chi connectivity index (χ4n) is 1.49. The molecule has 0 saturated heterocycles. The lowest BCUT2D eigenvalue weighted by atomic mass is 10.2. The van der Waals surface area contributed by atoms with E-state index in [2.05, 4.69) is 10.3 Å². The van der Waals surface area contributed by atoms with Gasteiger partial charge in [0.05, 0.1) is 21.7 Å². The molecule has 0 unspecified atom stereocenters. The maximum Gasteiger partial charge on any atom is 0.275 e. The molecule has 1 aromatic carbocycles. The Morgan fingerprint density at radius 3 is 2.40 bits per heavy atom. The molecule has 2 rings (SSSR count). The zero-order chi connectivity index (χ0) is 14.7. The van der Waals surface area contributed by atoms with Crippen molar-refractivity contribution in [3.63, 3.8) is 0 Å². The molecule has 7 heteroatoms. The number of nitrogens with one attached hydrogen (secondary N) is 1. The van der Waals surface area contributed by atoms with Crippen molar-refractivity contribution >= 4 is 46.4 Å². The van der Waals surface area contributed by atoms with E-state index in [1.54, 1.807) is 24.3 Å². The van der Waals surface area contributed by atoms with Gasteiger partial charge in [0, 0.05) is 11.9 Å². The first-order valence-electron chi connectivity index (χ1n) is 5.53. The van der Waals surface area contributed by atoms with Gasteiger partial charge in [-0.15, -0.1) is 0 Å². The Hall–Kier alpha value is -1.33. The Morgan fingerprint density at radius 2 is 1.80 bits per heavy atom. The predicted octanol–water partition coefficient (Wildman–Crippen LogP) is 3.79. The van der Waals surface area contributed by atoms with Crippen LogP contribution >= 0.6 is 34.8 Å². The number of hydrogen-bond acceptors (Lipinski definition) is 3. The van der Waals surface area contributed by atoms with E-state index >= 15 is 0 Å².